The summed E-state index contributed by atoms with van der Waals surface area (Å²) in [5.74, 6) is 0.0995. The van der Waals surface area contributed by atoms with Gasteiger partial charge in [0.25, 0.3) is 0 Å². The maximum absolute atomic E-state index is 12.4. The van der Waals surface area contributed by atoms with E-state index in [1.165, 1.54) is 0 Å². The molecule has 1 aromatic rings. The van der Waals surface area contributed by atoms with Crippen LogP contribution >= 0.6 is 0 Å². The molecule has 0 spiro atoms. The Kier molecular flexibility index (Phi) is 3.76. The van der Waals surface area contributed by atoms with Crippen LogP contribution in [-0.2, 0) is 20.8 Å². The number of benzene rings is 1. The molecule has 114 valence electrons. The van der Waals surface area contributed by atoms with Gasteiger partial charge in [0.05, 0.1) is 18.3 Å². The predicted molar refractivity (Wildman–Crippen MR) is 78.0 cm³/mol. The summed E-state index contributed by atoms with van der Waals surface area (Å²) < 4.78 is 16.6. The van der Waals surface area contributed by atoms with Crippen LogP contribution < -0.4 is 0 Å². The standard InChI is InChI=1S/C17H22O4/c1-17(2)14-13(7-8-20-14)15(17)21-16(18)12-6-4-5-11(9-12)10-19-3/h4-6,9,13-15H,7-8,10H2,1-3H3/t13-,14+,15-/m1/s1. The molecule has 1 heterocycles. The molecule has 4 heteroatoms. The van der Waals surface area contributed by atoms with Gasteiger partial charge in [-0.05, 0) is 24.1 Å². The Hall–Kier alpha value is -1.39. The van der Waals surface area contributed by atoms with Gasteiger partial charge in [0.2, 0.25) is 0 Å². The molecule has 0 amide bonds. The van der Waals surface area contributed by atoms with Gasteiger partial charge in [0.1, 0.15) is 6.10 Å². The van der Waals surface area contributed by atoms with Gasteiger partial charge in [-0.15, -0.1) is 0 Å². The molecule has 2 aliphatic rings. The van der Waals surface area contributed by atoms with Crippen molar-refractivity contribution in [2.24, 2.45) is 11.3 Å². The molecule has 0 unspecified atom stereocenters. The summed E-state index contributed by atoms with van der Waals surface area (Å²) in [7, 11) is 1.64. The van der Waals surface area contributed by atoms with Gasteiger partial charge in [0, 0.05) is 25.0 Å². The van der Waals surface area contributed by atoms with Crippen LogP contribution in [0.2, 0.25) is 0 Å². The van der Waals surface area contributed by atoms with Gasteiger partial charge in [-0.3, -0.25) is 0 Å². The highest BCUT2D eigenvalue weighted by Crippen LogP contribution is 2.53. The van der Waals surface area contributed by atoms with Gasteiger partial charge in [-0.1, -0.05) is 26.0 Å². The lowest BCUT2D eigenvalue weighted by Crippen LogP contribution is -2.61. The van der Waals surface area contributed by atoms with Gasteiger partial charge in [0.15, 0.2) is 0 Å². The molecule has 1 aliphatic heterocycles. The van der Waals surface area contributed by atoms with Crippen molar-refractivity contribution in [3.63, 3.8) is 0 Å². The van der Waals surface area contributed by atoms with Gasteiger partial charge >= 0.3 is 5.97 Å². The molecule has 1 aromatic carbocycles. The first kappa shape index (κ1) is 14.5. The Balaban J connectivity index is 1.70. The van der Waals surface area contributed by atoms with Crippen LogP contribution in [0.15, 0.2) is 24.3 Å². The van der Waals surface area contributed by atoms with E-state index in [2.05, 4.69) is 13.8 Å². The average Bonchev–Trinajstić information content (AvgIpc) is 2.92. The smallest absolute Gasteiger partial charge is 0.338 e. The van der Waals surface area contributed by atoms with Crippen molar-refractivity contribution in [2.45, 2.75) is 39.1 Å². The molecule has 1 saturated carbocycles. The maximum atomic E-state index is 12.4. The molecule has 1 saturated heterocycles. The molecule has 0 radical (unpaired) electrons. The van der Waals surface area contributed by atoms with Crippen molar-refractivity contribution in [2.75, 3.05) is 13.7 Å². The topological polar surface area (TPSA) is 44.8 Å². The molecule has 0 aromatic heterocycles. The summed E-state index contributed by atoms with van der Waals surface area (Å²) in [4.78, 5) is 12.4. The van der Waals surface area contributed by atoms with Crippen LogP contribution in [-0.4, -0.2) is 31.9 Å². The lowest BCUT2D eigenvalue weighted by atomic mass is 9.59. The third-order valence-electron chi connectivity index (χ3n) is 4.70. The molecule has 2 fully saturated rings. The first-order valence-corrected chi connectivity index (χ1v) is 7.44. The number of carbonyl (C=O) groups is 1. The van der Waals surface area contributed by atoms with Crippen molar-refractivity contribution in [3.05, 3.63) is 35.4 Å². The van der Waals surface area contributed by atoms with Crippen molar-refractivity contribution >= 4 is 5.97 Å². The number of hydrogen-bond donors (Lipinski definition) is 0. The summed E-state index contributed by atoms with van der Waals surface area (Å²) in [6.45, 7) is 5.49. The first-order chi connectivity index (χ1) is 10.0. The molecule has 0 N–H and O–H groups in total. The fraction of sp³-hybridized carbons (Fsp3) is 0.588. The Bertz CT molecular complexity index is 537. The summed E-state index contributed by atoms with van der Waals surface area (Å²) in [6, 6.07) is 7.42. The van der Waals surface area contributed by atoms with E-state index in [0.717, 1.165) is 18.6 Å². The molecule has 4 nitrogen and oxygen atoms in total. The minimum absolute atomic E-state index is 0.0522. The zero-order valence-corrected chi connectivity index (χ0v) is 12.8. The molecule has 0 bridgehead atoms. The normalized spacial score (nSPS) is 29.6. The molecule has 3 rings (SSSR count). The zero-order valence-electron chi connectivity index (χ0n) is 12.8. The lowest BCUT2D eigenvalue weighted by molar-refractivity contribution is -0.183. The second-order valence-corrected chi connectivity index (χ2v) is 6.52. The summed E-state index contributed by atoms with van der Waals surface area (Å²) in [6.07, 6.45) is 1.16. The fourth-order valence-corrected chi connectivity index (χ4v) is 3.66. The van der Waals surface area contributed by atoms with Crippen LogP contribution in [0.25, 0.3) is 0 Å². The summed E-state index contributed by atoms with van der Waals surface area (Å²) in [5, 5.41) is 0. The van der Waals surface area contributed by atoms with E-state index in [9.17, 15) is 4.79 Å². The van der Waals surface area contributed by atoms with Crippen LogP contribution in [0.3, 0.4) is 0 Å². The largest absolute Gasteiger partial charge is 0.458 e. The maximum Gasteiger partial charge on any atom is 0.338 e. The molecule has 21 heavy (non-hydrogen) atoms. The molecular weight excluding hydrogens is 268 g/mol. The van der Waals surface area contributed by atoms with E-state index in [1.807, 2.05) is 18.2 Å². The minimum atomic E-state index is -0.253. The minimum Gasteiger partial charge on any atom is -0.458 e. The van der Waals surface area contributed by atoms with Crippen LogP contribution in [0, 0.1) is 11.3 Å². The van der Waals surface area contributed by atoms with E-state index in [-0.39, 0.29) is 23.6 Å². The number of hydrogen-bond acceptors (Lipinski definition) is 4. The second-order valence-electron chi connectivity index (χ2n) is 6.52. The fourth-order valence-electron chi connectivity index (χ4n) is 3.66. The van der Waals surface area contributed by atoms with E-state index in [0.29, 0.717) is 18.1 Å². The SMILES string of the molecule is COCc1cccc(C(=O)O[C@@H]2[C@@H]3CCO[C@@H]3C2(C)C)c1. The molecule has 1 aliphatic carbocycles. The van der Waals surface area contributed by atoms with E-state index >= 15 is 0 Å². The Morgan fingerprint density at radius 2 is 2.24 bits per heavy atom. The number of fused-ring (bicyclic) bond motifs is 1. The Morgan fingerprint density at radius 1 is 1.43 bits per heavy atom. The Morgan fingerprint density at radius 3 is 3.00 bits per heavy atom. The second kappa shape index (κ2) is 5.43. The van der Waals surface area contributed by atoms with E-state index in [4.69, 9.17) is 14.2 Å². The molecule has 3 atom stereocenters. The highest BCUT2D eigenvalue weighted by Gasteiger charge is 2.61. The highest BCUT2D eigenvalue weighted by molar-refractivity contribution is 5.89. The number of rotatable bonds is 4. The van der Waals surface area contributed by atoms with Gasteiger partial charge in [-0.25, -0.2) is 4.79 Å². The van der Waals surface area contributed by atoms with Crippen molar-refractivity contribution in [1.82, 2.24) is 0 Å². The van der Waals surface area contributed by atoms with Crippen LogP contribution in [0.4, 0.5) is 0 Å². The predicted octanol–water partition coefficient (Wildman–Crippen LogP) is 2.80. The number of esters is 1. The number of carbonyl (C=O) groups excluding carboxylic acids is 1. The van der Waals surface area contributed by atoms with E-state index in [1.54, 1.807) is 13.2 Å². The Labute approximate surface area is 125 Å². The monoisotopic (exact) mass is 290 g/mol. The third-order valence-corrected chi connectivity index (χ3v) is 4.70. The van der Waals surface area contributed by atoms with Crippen LogP contribution in [0.1, 0.15) is 36.2 Å². The first-order valence-electron chi connectivity index (χ1n) is 7.44. The average molecular weight is 290 g/mol. The number of ether oxygens (including phenoxy) is 3. The van der Waals surface area contributed by atoms with Crippen molar-refractivity contribution in [1.29, 1.82) is 0 Å². The third kappa shape index (κ3) is 2.47. The lowest BCUT2D eigenvalue weighted by Gasteiger charge is -2.53. The van der Waals surface area contributed by atoms with Gasteiger partial charge in [-0.2, -0.15) is 0 Å². The number of methoxy groups -OCH3 is 1. The van der Waals surface area contributed by atoms with Crippen molar-refractivity contribution in [3.8, 4) is 0 Å². The highest BCUT2D eigenvalue weighted by atomic mass is 16.6. The summed E-state index contributed by atoms with van der Waals surface area (Å²) >= 11 is 0. The quantitative estimate of drug-likeness (QED) is 0.800. The van der Waals surface area contributed by atoms with E-state index < -0.39 is 0 Å². The zero-order chi connectivity index (χ0) is 15.0. The van der Waals surface area contributed by atoms with Gasteiger partial charge < -0.3 is 14.2 Å². The van der Waals surface area contributed by atoms with Crippen molar-refractivity contribution < 1.29 is 19.0 Å². The molecular formula is C17H22O4. The van der Waals surface area contributed by atoms with Crippen LogP contribution in [0.5, 0.6) is 0 Å². The summed E-state index contributed by atoms with van der Waals surface area (Å²) in [5.41, 5.74) is 1.46.